The lowest BCUT2D eigenvalue weighted by molar-refractivity contribution is 0.191. The molecule has 3 aromatic rings. The van der Waals surface area contributed by atoms with Crippen LogP contribution in [0.2, 0.25) is 0 Å². The topological polar surface area (TPSA) is 36.3 Å². The third-order valence-electron chi connectivity index (χ3n) is 7.50. The van der Waals surface area contributed by atoms with Gasteiger partial charge in [0, 0.05) is 44.5 Å². The van der Waals surface area contributed by atoms with Crippen LogP contribution in [-0.2, 0) is 13.1 Å². The van der Waals surface area contributed by atoms with Gasteiger partial charge in [0.15, 0.2) is 0 Å². The highest BCUT2D eigenvalue weighted by atomic mass is 15.1. The van der Waals surface area contributed by atoms with Gasteiger partial charge in [-0.2, -0.15) is 0 Å². The summed E-state index contributed by atoms with van der Waals surface area (Å²) in [5, 5.41) is 3.84. The number of nitrogens with zero attached hydrogens (tertiary/aromatic N) is 4. The highest BCUT2D eigenvalue weighted by molar-refractivity contribution is 5.79. The van der Waals surface area contributed by atoms with Crippen LogP contribution in [0.5, 0.6) is 0 Å². The van der Waals surface area contributed by atoms with Gasteiger partial charge in [0.2, 0.25) is 0 Å². The average molecular weight is 444 g/mol. The van der Waals surface area contributed by atoms with Gasteiger partial charge in [-0.3, -0.25) is 4.90 Å². The molecular formula is C28H37N5. The van der Waals surface area contributed by atoms with Gasteiger partial charge in [-0.05, 0) is 70.0 Å². The van der Waals surface area contributed by atoms with E-state index in [2.05, 4.69) is 94.2 Å². The van der Waals surface area contributed by atoms with E-state index in [4.69, 9.17) is 0 Å². The van der Waals surface area contributed by atoms with Crippen LogP contribution in [-0.4, -0.2) is 59.1 Å². The Hall–Kier alpha value is -2.63. The molecule has 2 aliphatic rings. The summed E-state index contributed by atoms with van der Waals surface area (Å²) in [4.78, 5) is 9.52. The Morgan fingerprint density at radius 3 is 2.76 bits per heavy atom. The van der Waals surface area contributed by atoms with Crippen molar-refractivity contribution in [2.75, 3.05) is 39.0 Å². The van der Waals surface area contributed by atoms with Crippen LogP contribution in [0.3, 0.4) is 0 Å². The fourth-order valence-corrected chi connectivity index (χ4v) is 5.59. The molecule has 33 heavy (non-hydrogen) atoms. The van der Waals surface area contributed by atoms with Crippen LogP contribution in [0.1, 0.15) is 31.7 Å². The fraction of sp³-hybridized carbons (Fsp3) is 0.464. The van der Waals surface area contributed by atoms with E-state index in [-0.39, 0.29) is 0 Å². The molecule has 2 unspecified atom stereocenters. The van der Waals surface area contributed by atoms with Crippen molar-refractivity contribution < 1.29 is 0 Å². The van der Waals surface area contributed by atoms with Gasteiger partial charge in [-0.25, -0.2) is 4.98 Å². The summed E-state index contributed by atoms with van der Waals surface area (Å²) in [6.07, 6.45) is 5.65. The zero-order chi connectivity index (χ0) is 22.8. The molecule has 0 bridgehead atoms. The number of imidazole rings is 1. The highest BCUT2D eigenvalue weighted by Crippen LogP contribution is 2.37. The Labute approximate surface area is 198 Å². The third kappa shape index (κ3) is 4.99. The molecule has 2 aromatic carbocycles. The van der Waals surface area contributed by atoms with E-state index in [1.54, 1.807) is 11.1 Å². The SMILES string of the molecule is CC1=C2CCN(Cc3ccccc3)CC2CCC1Nc1ccc2c(c1)ncn2CCN(C)C. The van der Waals surface area contributed by atoms with E-state index in [9.17, 15) is 0 Å². The standard InChI is InChI=1S/C28H37N5/c1-21-25-13-14-32(18-22-7-5-4-6-8-22)19-23(25)9-11-26(21)30-24-10-12-28-27(17-24)29-20-33(28)16-15-31(2)3/h4-8,10,12,17,20,23,26,30H,9,11,13-16,18-19H2,1-3H3. The molecule has 2 atom stereocenters. The second kappa shape index (κ2) is 9.70. The first-order valence-electron chi connectivity index (χ1n) is 12.4. The van der Waals surface area contributed by atoms with E-state index < -0.39 is 0 Å². The molecule has 174 valence electrons. The number of likely N-dealkylation sites (N-methyl/N-ethyl adjacent to an activating group) is 1. The Morgan fingerprint density at radius 2 is 1.94 bits per heavy atom. The van der Waals surface area contributed by atoms with E-state index >= 15 is 0 Å². The smallest absolute Gasteiger partial charge is 0.0958 e. The number of rotatable bonds is 7. The summed E-state index contributed by atoms with van der Waals surface area (Å²) >= 11 is 0. The molecule has 5 rings (SSSR count). The molecule has 1 fully saturated rings. The van der Waals surface area contributed by atoms with Crippen LogP contribution < -0.4 is 5.32 Å². The minimum absolute atomic E-state index is 0.435. The number of benzene rings is 2. The molecule has 1 N–H and O–H groups in total. The maximum Gasteiger partial charge on any atom is 0.0958 e. The predicted molar refractivity (Wildman–Crippen MR) is 137 cm³/mol. The number of likely N-dealkylation sites (tertiary alicyclic amines) is 1. The molecule has 1 aliphatic carbocycles. The van der Waals surface area contributed by atoms with Gasteiger partial charge in [-0.1, -0.05) is 41.5 Å². The Morgan fingerprint density at radius 1 is 1.09 bits per heavy atom. The maximum atomic E-state index is 4.66. The molecule has 0 spiro atoms. The number of anilines is 1. The van der Waals surface area contributed by atoms with Crippen molar-refractivity contribution in [3.63, 3.8) is 0 Å². The van der Waals surface area contributed by atoms with E-state index in [1.807, 2.05) is 6.33 Å². The zero-order valence-corrected chi connectivity index (χ0v) is 20.3. The number of fused-ring (bicyclic) bond motifs is 2. The van der Waals surface area contributed by atoms with Gasteiger partial charge in [0.1, 0.15) is 0 Å². The summed E-state index contributed by atoms with van der Waals surface area (Å²) in [5.74, 6) is 0.718. The quantitative estimate of drug-likeness (QED) is 0.521. The predicted octanol–water partition coefficient (Wildman–Crippen LogP) is 5.01. The minimum atomic E-state index is 0.435. The van der Waals surface area contributed by atoms with Crippen molar-refractivity contribution in [2.45, 2.75) is 45.3 Å². The minimum Gasteiger partial charge on any atom is -0.379 e. The fourth-order valence-electron chi connectivity index (χ4n) is 5.59. The van der Waals surface area contributed by atoms with Crippen molar-refractivity contribution in [2.24, 2.45) is 5.92 Å². The molecule has 1 aliphatic heterocycles. The molecule has 5 heteroatoms. The first-order chi connectivity index (χ1) is 16.1. The van der Waals surface area contributed by atoms with E-state index in [1.165, 1.54) is 49.1 Å². The second-order valence-electron chi connectivity index (χ2n) is 10.1. The lowest BCUT2D eigenvalue weighted by Gasteiger charge is -2.41. The van der Waals surface area contributed by atoms with Crippen LogP contribution in [0.15, 0.2) is 66.0 Å². The number of piperidine rings is 1. The van der Waals surface area contributed by atoms with Crippen LogP contribution in [0.25, 0.3) is 11.0 Å². The molecule has 5 nitrogen and oxygen atoms in total. The summed E-state index contributed by atoms with van der Waals surface area (Å²) in [6.45, 7) is 7.79. The van der Waals surface area contributed by atoms with Gasteiger partial charge in [0.25, 0.3) is 0 Å². The first kappa shape index (κ1) is 22.2. The first-order valence-corrected chi connectivity index (χ1v) is 12.4. The van der Waals surface area contributed by atoms with E-state index in [0.717, 1.165) is 31.1 Å². The van der Waals surface area contributed by atoms with Crippen molar-refractivity contribution in [3.8, 4) is 0 Å². The average Bonchev–Trinajstić information content (AvgIpc) is 3.22. The number of nitrogens with one attached hydrogen (secondary N) is 1. The van der Waals surface area contributed by atoms with E-state index in [0.29, 0.717) is 6.04 Å². The second-order valence-corrected chi connectivity index (χ2v) is 10.1. The highest BCUT2D eigenvalue weighted by Gasteiger charge is 2.31. The monoisotopic (exact) mass is 443 g/mol. The summed E-state index contributed by atoms with van der Waals surface area (Å²) in [5.41, 5.74) is 8.18. The van der Waals surface area contributed by atoms with Crippen LogP contribution in [0.4, 0.5) is 5.69 Å². The third-order valence-corrected chi connectivity index (χ3v) is 7.50. The van der Waals surface area contributed by atoms with Crippen LogP contribution in [0, 0.1) is 5.92 Å². The summed E-state index contributed by atoms with van der Waals surface area (Å²) in [7, 11) is 4.22. The Balaban J connectivity index is 1.24. The summed E-state index contributed by atoms with van der Waals surface area (Å²) < 4.78 is 2.25. The Bertz CT molecular complexity index is 1110. The van der Waals surface area contributed by atoms with Gasteiger partial charge in [0.05, 0.1) is 17.4 Å². The lowest BCUT2D eigenvalue weighted by atomic mass is 9.77. The number of aromatic nitrogens is 2. The molecule has 0 saturated carbocycles. The largest absolute Gasteiger partial charge is 0.379 e. The molecule has 2 heterocycles. The molecule has 0 amide bonds. The van der Waals surface area contributed by atoms with Crippen LogP contribution >= 0.6 is 0 Å². The van der Waals surface area contributed by atoms with Gasteiger partial charge < -0.3 is 14.8 Å². The normalized spacial score (nSPS) is 21.6. The zero-order valence-electron chi connectivity index (χ0n) is 20.3. The van der Waals surface area contributed by atoms with Crippen molar-refractivity contribution in [3.05, 3.63) is 71.6 Å². The van der Waals surface area contributed by atoms with Crippen molar-refractivity contribution in [1.29, 1.82) is 0 Å². The maximum absolute atomic E-state index is 4.66. The lowest BCUT2D eigenvalue weighted by Crippen LogP contribution is -2.40. The molecule has 1 aromatic heterocycles. The van der Waals surface area contributed by atoms with Gasteiger partial charge in [-0.15, -0.1) is 0 Å². The van der Waals surface area contributed by atoms with Crippen molar-refractivity contribution >= 4 is 16.7 Å². The Kier molecular flexibility index (Phi) is 6.52. The number of hydrogen-bond acceptors (Lipinski definition) is 4. The number of hydrogen-bond donors (Lipinski definition) is 1. The molecular weight excluding hydrogens is 406 g/mol. The summed E-state index contributed by atoms with van der Waals surface area (Å²) in [6, 6.07) is 18.0. The molecule has 1 saturated heterocycles. The molecule has 0 radical (unpaired) electrons. The van der Waals surface area contributed by atoms with Crippen molar-refractivity contribution in [1.82, 2.24) is 19.4 Å². The van der Waals surface area contributed by atoms with Gasteiger partial charge >= 0.3 is 0 Å².